The Balaban J connectivity index is 2.61. The first-order valence-electron chi connectivity index (χ1n) is 6.04. The smallest absolute Gasteiger partial charge is 0.340 e. The Kier molecular flexibility index (Phi) is 3.61. The highest BCUT2D eigenvalue weighted by Gasteiger charge is 2.21. The lowest BCUT2D eigenvalue weighted by atomic mass is 10.1. The van der Waals surface area contributed by atoms with Crippen LogP contribution >= 0.6 is 0 Å². The van der Waals surface area contributed by atoms with Gasteiger partial charge in [0, 0.05) is 12.7 Å². The number of aromatic carboxylic acids is 1. The zero-order valence-corrected chi connectivity index (χ0v) is 11.2. The van der Waals surface area contributed by atoms with Gasteiger partial charge < -0.3 is 15.7 Å². The molecule has 0 atom stereocenters. The number of nitrogens with two attached hydrogens (primary N) is 1. The van der Waals surface area contributed by atoms with E-state index >= 15 is 0 Å². The minimum absolute atomic E-state index is 0.226. The van der Waals surface area contributed by atoms with Crippen LogP contribution in [0, 0.1) is 12.7 Å². The van der Waals surface area contributed by atoms with E-state index in [9.17, 15) is 14.3 Å². The Labute approximate surface area is 116 Å². The molecule has 2 aromatic rings. The fourth-order valence-corrected chi connectivity index (χ4v) is 2.16. The van der Waals surface area contributed by atoms with Gasteiger partial charge >= 0.3 is 5.97 Å². The van der Waals surface area contributed by atoms with Gasteiger partial charge in [0.25, 0.3) is 0 Å². The number of benzene rings is 2. The van der Waals surface area contributed by atoms with Crippen LogP contribution < -0.4 is 10.6 Å². The van der Waals surface area contributed by atoms with Gasteiger partial charge in [0.2, 0.25) is 0 Å². The van der Waals surface area contributed by atoms with Crippen LogP contribution in [0.4, 0.5) is 21.5 Å². The molecule has 0 fully saturated rings. The monoisotopic (exact) mass is 274 g/mol. The number of anilines is 3. The van der Waals surface area contributed by atoms with Crippen molar-refractivity contribution in [3.63, 3.8) is 0 Å². The highest BCUT2D eigenvalue weighted by Crippen LogP contribution is 2.33. The van der Waals surface area contributed by atoms with Crippen LogP contribution in [0.3, 0.4) is 0 Å². The lowest BCUT2D eigenvalue weighted by Crippen LogP contribution is -2.17. The Morgan fingerprint density at radius 1 is 1.20 bits per heavy atom. The van der Waals surface area contributed by atoms with E-state index in [-0.39, 0.29) is 11.3 Å². The highest BCUT2D eigenvalue weighted by molar-refractivity contribution is 6.01. The van der Waals surface area contributed by atoms with E-state index in [2.05, 4.69) is 0 Å². The normalized spacial score (nSPS) is 10.3. The van der Waals surface area contributed by atoms with E-state index in [0.29, 0.717) is 5.69 Å². The van der Waals surface area contributed by atoms with Crippen molar-refractivity contribution in [1.29, 1.82) is 0 Å². The third-order valence-electron chi connectivity index (χ3n) is 3.22. The van der Waals surface area contributed by atoms with Gasteiger partial charge in [-0.15, -0.1) is 0 Å². The maximum atomic E-state index is 13.5. The van der Waals surface area contributed by atoms with E-state index in [1.165, 1.54) is 12.1 Å². The molecule has 0 radical (unpaired) electrons. The van der Waals surface area contributed by atoms with Crippen LogP contribution in [0.1, 0.15) is 15.9 Å². The minimum atomic E-state index is -1.25. The summed E-state index contributed by atoms with van der Waals surface area (Å²) < 4.78 is 13.5. The molecule has 0 heterocycles. The van der Waals surface area contributed by atoms with Crippen molar-refractivity contribution >= 4 is 23.0 Å². The summed E-state index contributed by atoms with van der Waals surface area (Å²) in [7, 11) is 1.72. The molecule has 0 aliphatic heterocycles. The molecule has 20 heavy (non-hydrogen) atoms. The van der Waals surface area contributed by atoms with Gasteiger partial charge in [-0.25, -0.2) is 9.18 Å². The molecule has 0 aromatic heterocycles. The molecular weight excluding hydrogens is 259 g/mol. The summed E-state index contributed by atoms with van der Waals surface area (Å²) in [5.41, 5.74) is 7.15. The second-order valence-electron chi connectivity index (χ2n) is 4.51. The molecule has 0 aliphatic carbocycles. The lowest BCUT2D eigenvalue weighted by molar-refractivity contribution is 0.0698. The molecule has 2 aromatic carbocycles. The van der Waals surface area contributed by atoms with Gasteiger partial charge in [0.15, 0.2) is 0 Å². The largest absolute Gasteiger partial charge is 0.478 e. The molecule has 3 N–H and O–H groups in total. The third kappa shape index (κ3) is 2.30. The van der Waals surface area contributed by atoms with Gasteiger partial charge in [-0.1, -0.05) is 18.2 Å². The van der Waals surface area contributed by atoms with Crippen molar-refractivity contribution in [3.05, 3.63) is 53.3 Å². The van der Waals surface area contributed by atoms with Gasteiger partial charge in [0.05, 0.1) is 11.4 Å². The molecule has 0 unspecified atom stereocenters. The maximum Gasteiger partial charge on any atom is 0.340 e. The number of aryl methyl sites for hydroxylation is 1. The standard InChI is InChI=1S/C15H15FN2O2/c1-9-5-3-4-6-11(9)18(2)12-8-7-10(16)14(17)13(12)15(19)20/h3-8H,17H2,1-2H3,(H,19,20). The van der Waals surface area contributed by atoms with Crippen molar-refractivity contribution in [2.24, 2.45) is 0 Å². The number of hydrogen-bond donors (Lipinski definition) is 2. The molecule has 0 amide bonds. The first-order valence-corrected chi connectivity index (χ1v) is 6.04. The van der Waals surface area contributed by atoms with E-state index in [1.54, 1.807) is 11.9 Å². The van der Waals surface area contributed by atoms with E-state index < -0.39 is 11.8 Å². The Hall–Kier alpha value is -2.56. The SMILES string of the molecule is Cc1ccccc1N(C)c1ccc(F)c(N)c1C(=O)O. The molecule has 0 saturated carbocycles. The summed E-state index contributed by atoms with van der Waals surface area (Å²) in [6.07, 6.45) is 0. The third-order valence-corrected chi connectivity index (χ3v) is 3.22. The summed E-state index contributed by atoms with van der Waals surface area (Å²) >= 11 is 0. The zero-order chi connectivity index (χ0) is 14.9. The van der Waals surface area contributed by atoms with Crippen LogP contribution in [-0.2, 0) is 0 Å². The second-order valence-corrected chi connectivity index (χ2v) is 4.51. The van der Waals surface area contributed by atoms with Crippen molar-refractivity contribution < 1.29 is 14.3 Å². The predicted octanol–water partition coefficient (Wildman–Crippen LogP) is 3.18. The molecular formula is C15H15FN2O2. The van der Waals surface area contributed by atoms with Gasteiger partial charge in [-0.2, -0.15) is 0 Å². The summed E-state index contributed by atoms with van der Waals surface area (Å²) in [6.45, 7) is 1.92. The van der Waals surface area contributed by atoms with Crippen LogP contribution in [0.2, 0.25) is 0 Å². The Morgan fingerprint density at radius 3 is 2.45 bits per heavy atom. The topological polar surface area (TPSA) is 66.6 Å². The molecule has 2 rings (SSSR count). The van der Waals surface area contributed by atoms with E-state index in [1.807, 2.05) is 31.2 Å². The van der Waals surface area contributed by atoms with E-state index in [0.717, 1.165) is 11.3 Å². The highest BCUT2D eigenvalue weighted by atomic mass is 19.1. The number of carboxylic acid groups (broad SMARTS) is 1. The molecule has 0 bridgehead atoms. The number of hydrogen-bond acceptors (Lipinski definition) is 3. The van der Waals surface area contributed by atoms with Gasteiger partial charge in [-0.05, 0) is 30.7 Å². The van der Waals surface area contributed by atoms with Crippen molar-refractivity contribution in [2.45, 2.75) is 6.92 Å². The first-order chi connectivity index (χ1) is 9.43. The van der Waals surface area contributed by atoms with Gasteiger partial charge in [-0.3, -0.25) is 0 Å². The zero-order valence-electron chi connectivity index (χ0n) is 11.2. The molecule has 4 nitrogen and oxygen atoms in total. The molecule has 0 aliphatic rings. The van der Waals surface area contributed by atoms with Crippen LogP contribution in [0.25, 0.3) is 0 Å². The molecule has 0 saturated heterocycles. The average molecular weight is 274 g/mol. The number of carbonyl (C=O) groups is 1. The Morgan fingerprint density at radius 2 is 1.85 bits per heavy atom. The minimum Gasteiger partial charge on any atom is -0.478 e. The van der Waals surface area contributed by atoms with Crippen LogP contribution in [0.5, 0.6) is 0 Å². The molecule has 5 heteroatoms. The van der Waals surface area contributed by atoms with Crippen molar-refractivity contribution in [2.75, 3.05) is 17.7 Å². The Bertz CT molecular complexity index is 671. The van der Waals surface area contributed by atoms with Crippen molar-refractivity contribution in [1.82, 2.24) is 0 Å². The first kappa shape index (κ1) is 13.9. The summed E-state index contributed by atoms with van der Waals surface area (Å²) in [6, 6.07) is 10.1. The molecule has 104 valence electrons. The number of carboxylic acids is 1. The number of para-hydroxylation sites is 1. The lowest BCUT2D eigenvalue weighted by Gasteiger charge is -2.24. The summed E-state index contributed by atoms with van der Waals surface area (Å²) in [5.74, 6) is -1.98. The van der Waals surface area contributed by atoms with Crippen LogP contribution in [0.15, 0.2) is 36.4 Å². The second kappa shape index (κ2) is 5.21. The van der Waals surface area contributed by atoms with Crippen LogP contribution in [-0.4, -0.2) is 18.1 Å². The summed E-state index contributed by atoms with van der Waals surface area (Å²) in [5, 5.41) is 9.26. The predicted molar refractivity (Wildman–Crippen MR) is 77.0 cm³/mol. The maximum absolute atomic E-state index is 13.5. The fraction of sp³-hybridized carbons (Fsp3) is 0.133. The van der Waals surface area contributed by atoms with E-state index in [4.69, 9.17) is 5.73 Å². The number of nitrogens with zero attached hydrogens (tertiary/aromatic N) is 1. The number of rotatable bonds is 3. The number of halogens is 1. The van der Waals surface area contributed by atoms with Crippen molar-refractivity contribution in [3.8, 4) is 0 Å². The van der Waals surface area contributed by atoms with Gasteiger partial charge in [0.1, 0.15) is 11.4 Å². The number of nitrogen functional groups attached to an aromatic ring is 1. The quantitative estimate of drug-likeness (QED) is 0.844. The fourth-order valence-electron chi connectivity index (χ4n) is 2.16. The summed E-state index contributed by atoms with van der Waals surface area (Å²) in [4.78, 5) is 13.0. The average Bonchev–Trinajstić information content (AvgIpc) is 2.41. The molecule has 0 spiro atoms.